The second-order valence-corrected chi connectivity index (χ2v) is 7.24. The molecule has 122 valence electrons. The average molecular weight is 332 g/mol. The lowest BCUT2D eigenvalue weighted by Gasteiger charge is -2.10. The van der Waals surface area contributed by atoms with Crippen LogP contribution < -0.4 is 10.0 Å². The number of anilines is 1. The fourth-order valence-corrected chi connectivity index (χ4v) is 3.39. The monoisotopic (exact) mass is 332 g/mol. The summed E-state index contributed by atoms with van der Waals surface area (Å²) in [6, 6.07) is 12.3. The van der Waals surface area contributed by atoms with Crippen molar-refractivity contribution < 1.29 is 13.2 Å². The number of amides is 1. The van der Waals surface area contributed by atoms with Gasteiger partial charge in [-0.1, -0.05) is 35.4 Å². The molecule has 0 heterocycles. The molecule has 2 N–H and O–H groups in total. The summed E-state index contributed by atoms with van der Waals surface area (Å²) in [6.07, 6.45) is 0. The minimum atomic E-state index is -3.71. The first-order chi connectivity index (χ1) is 10.8. The van der Waals surface area contributed by atoms with Gasteiger partial charge in [-0.2, -0.15) is 0 Å². The Bertz CT molecular complexity index is 812. The molecule has 0 radical (unpaired) electrons. The van der Waals surface area contributed by atoms with E-state index in [4.69, 9.17) is 0 Å². The van der Waals surface area contributed by atoms with Crippen molar-refractivity contribution in [2.75, 3.05) is 11.9 Å². The maximum absolute atomic E-state index is 12.3. The molecule has 0 aliphatic carbocycles. The van der Waals surface area contributed by atoms with E-state index in [1.54, 1.807) is 37.3 Å². The van der Waals surface area contributed by atoms with Gasteiger partial charge in [0.25, 0.3) is 0 Å². The highest BCUT2D eigenvalue weighted by atomic mass is 32.2. The van der Waals surface area contributed by atoms with E-state index in [1.807, 2.05) is 26.0 Å². The molecule has 1 amide bonds. The maximum atomic E-state index is 12.3. The Morgan fingerprint density at radius 2 is 1.57 bits per heavy atom. The third-order valence-electron chi connectivity index (χ3n) is 3.38. The van der Waals surface area contributed by atoms with Crippen molar-refractivity contribution in [3.63, 3.8) is 0 Å². The van der Waals surface area contributed by atoms with Crippen LogP contribution in [0.4, 0.5) is 5.69 Å². The van der Waals surface area contributed by atoms with Gasteiger partial charge in [0.2, 0.25) is 15.9 Å². The lowest BCUT2D eigenvalue weighted by Crippen LogP contribution is -2.33. The van der Waals surface area contributed by atoms with Gasteiger partial charge >= 0.3 is 0 Å². The summed E-state index contributed by atoms with van der Waals surface area (Å²) < 4.78 is 26.9. The second kappa shape index (κ2) is 6.93. The van der Waals surface area contributed by atoms with Gasteiger partial charge in [-0.25, -0.2) is 13.1 Å². The summed E-state index contributed by atoms with van der Waals surface area (Å²) in [5.41, 5.74) is 3.35. The Morgan fingerprint density at radius 3 is 2.17 bits per heavy atom. The van der Waals surface area contributed by atoms with Gasteiger partial charge in [0, 0.05) is 5.69 Å². The zero-order valence-corrected chi connectivity index (χ0v) is 14.2. The predicted molar refractivity (Wildman–Crippen MR) is 90.9 cm³/mol. The molecule has 2 rings (SSSR count). The number of benzene rings is 2. The SMILES string of the molecule is Cc1ccc(NC(=O)CNS(=O)(=O)c2ccc(C)cc2C)cc1. The van der Waals surface area contributed by atoms with Crippen LogP contribution >= 0.6 is 0 Å². The molecule has 5 nitrogen and oxygen atoms in total. The van der Waals surface area contributed by atoms with E-state index in [1.165, 1.54) is 0 Å². The normalized spacial score (nSPS) is 11.3. The summed E-state index contributed by atoms with van der Waals surface area (Å²) in [7, 11) is -3.71. The molecule has 23 heavy (non-hydrogen) atoms. The minimum Gasteiger partial charge on any atom is -0.325 e. The van der Waals surface area contributed by atoms with Gasteiger partial charge in [-0.3, -0.25) is 4.79 Å². The molecule has 2 aromatic rings. The fraction of sp³-hybridized carbons (Fsp3) is 0.235. The van der Waals surface area contributed by atoms with Crippen LogP contribution in [0.25, 0.3) is 0 Å². The summed E-state index contributed by atoms with van der Waals surface area (Å²) in [4.78, 5) is 12.1. The molecule has 0 unspecified atom stereocenters. The summed E-state index contributed by atoms with van der Waals surface area (Å²) in [6.45, 7) is 5.26. The molecule has 2 aromatic carbocycles. The van der Waals surface area contributed by atoms with Crippen molar-refractivity contribution in [1.82, 2.24) is 4.72 Å². The predicted octanol–water partition coefficient (Wildman–Crippen LogP) is 2.53. The Hall–Kier alpha value is -2.18. The fourth-order valence-electron chi connectivity index (χ4n) is 2.18. The van der Waals surface area contributed by atoms with Crippen molar-refractivity contribution in [1.29, 1.82) is 0 Å². The summed E-state index contributed by atoms with van der Waals surface area (Å²) >= 11 is 0. The van der Waals surface area contributed by atoms with Crippen molar-refractivity contribution in [2.24, 2.45) is 0 Å². The van der Waals surface area contributed by atoms with Gasteiger partial charge in [0.15, 0.2) is 0 Å². The lowest BCUT2D eigenvalue weighted by molar-refractivity contribution is -0.115. The number of sulfonamides is 1. The average Bonchev–Trinajstić information content (AvgIpc) is 2.47. The van der Waals surface area contributed by atoms with Crippen LogP contribution in [0.3, 0.4) is 0 Å². The van der Waals surface area contributed by atoms with E-state index in [9.17, 15) is 13.2 Å². The van der Waals surface area contributed by atoms with E-state index in [-0.39, 0.29) is 11.4 Å². The topological polar surface area (TPSA) is 75.3 Å². The molecule has 0 fully saturated rings. The molecule has 0 spiro atoms. The van der Waals surface area contributed by atoms with E-state index in [0.29, 0.717) is 11.3 Å². The van der Waals surface area contributed by atoms with E-state index in [0.717, 1.165) is 11.1 Å². The second-order valence-electron chi connectivity index (χ2n) is 5.51. The van der Waals surface area contributed by atoms with Crippen molar-refractivity contribution >= 4 is 21.6 Å². The number of hydrogen-bond donors (Lipinski definition) is 2. The van der Waals surface area contributed by atoms with Crippen LogP contribution in [0.15, 0.2) is 47.4 Å². The van der Waals surface area contributed by atoms with Gasteiger partial charge in [-0.15, -0.1) is 0 Å². The standard InChI is InChI=1S/C17H20N2O3S/c1-12-4-7-15(8-5-12)19-17(20)11-18-23(21,22)16-9-6-13(2)10-14(16)3/h4-10,18H,11H2,1-3H3,(H,19,20). The summed E-state index contributed by atoms with van der Waals surface area (Å²) in [5.74, 6) is -0.415. The zero-order chi connectivity index (χ0) is 17.0. The highest BCUT2D eigenvalue weighted by Crippen LogP contribution is 2.16. The van der Waals surface area contributed by atoms with Crippen molar-refractivity contribution in [2.45, 2.75) is 25.7 Å². The molecule has 0 saturated heterocycles. The number of nitrogens with one attached hydrogen (secondary N) is 2. The third kappa shape index (κ3) is 4.64. The first-order valence-corrected chi connectivity index (χ1v) is 8.70. The van der Waals surface area contributed by atoms with E-state index < -0.39 is 15.9 Å². The molecule has 0 saturated carbocycles. The van der Waals surface area contributed by atoms with Crippen LogP contribution in [-0.4, -0.2) is 20.9 Å². The Kier molecular flexibility index (Phi) is 5.18. The van der Waals surface area contributed by atoms with Gasteiger partial charge in [0.05, 0.1) is 11.4 Å². The largest absolute Gasteiger partial charge is 0.325 e. The maximum Gasteiger partial charge on any atom is 0.241 e. The van der Waals surface area contributed by atoms with Gasteiger partial charge in [-0.05, 0) is 44.5 Å². The minimum absolute atomic E-state index is 0.186. The quantitative estimate of drug-likeness (QED) is 0.883. The number of rotatable bonds is 5. The molecule has 6 heteroatoms. The molecule has 0 bridgehead atoms. The summed E-state index contributed by atoms with van der Waals surface area (Å²) in [5, 5.41) is 2.65. The highest BCUT2D eigenvalue weighted by Gasteiger charge is 2.17. The van der Waals surface area contributed by atoms with Gasteiger partial charge < -0.3 is 5.32 Å². The number of carbonyl (C=O) groups is 1. The molecular weight excluding hydrogens is 312 g/mol. The van der Waals surface area contributed by atoms with Crippen LogP contribution in [-0.2, 0) is 14.8 Å². The van der Waals surface area contributed by atoms with Crippen molar-refractivity contribution in [3.8, 4) is 0 Å². The molecule has 0 aliphatic heterocycles. The Labute approximate surface area is 136 Å². The van der Waals surface area contributed by atoms with Gasteiger partial charge in [0.1, 0.15) is 0 Å². The molecular formula is C17H20N2O3S. The Morgan fingerprint density at radius 1 is 0.957 bits per heavy atom. The van der Waals surface area contributed by atoms with Crippen LogP contribution in [0.5, 0.6) is 0 Å². The zero-order valence-electron chi connectivity index (χ0n) is 13.4. The highest BCUT2D eigenvalue weighted by molar-refractivity contribution is 7.89. The van der Waals surface area contributed by atoms with E-state index >= 15 is 0 Å². The first-order valence-electron chi connectivity index (χ1n) is 7.21. The van der Waals surface area contributed by atoms with Crippen molar-refractivity contribution in [3.05, 3.63) is 59.2 Å². The molecule has 0 atom stereocenters. The smallest absolute Gasteiger partial charge is 0.241 e. The molecule has 0 aliphatic rings. The van der Waals surface area contributed by atoms with Crippen LogP contribution in [0.1, 0.15) is 16.7 Å². The number of hydrogen-bond acceptors (Lipinski definition) is 3. The first kappa shape index (κ1) is 17.2. The number of carbonyl (C=O) groups excluding carboxylic acids is 1. The third-order valence-corrected chi connectivity index (χ3v) is 4.94. The Balaban J connectivity index is 2.01. The van der Waals surface area contributed by atoms with Crippen LogP contribution in [0.2, 0.25) is 0 Å². The van der Waals surface area contributed by atoms with Crippen LogP contribution in [0, 0.1) is 20.8 Å². The number of aryl methyl sites for hydroxylation is 3. The molecule has 0 aromatic heterocycles. The lowest BCUT2D eigenvalue weighted by atomic mass is 10.2. The van der Waals surface area contributed by atoms with E-state index in [2.05, 4.69) is 10.0 Å².